The van der Waals surface area contributed by atoms with Crippen molar-refractivity contribution >= 4 is 5.97 Å². The number of esters is 1. The van der Waals surface area contributed by atoms with Crippen LogP contribution < -0.4 is 5.32 Å². The minimum absolute atomic E-state index is 0.112. The number of methoxy groups -OCH3 is 1. The number of hydrogen-bond donors (Lipinski definition) is 1. The third kappa shape index (κ3) is 3.23. The first-order chi connectivity index (χ1) is 8.63. The summed E-state index contributed by atoms with van der Waals surface area (Å²) in [4.78, 5) is 14.4. The number of carbonyl (C=O) groups excluding carboxylic acids is 1. The van der Waals surface area contributed by atoms with Gasteiger partial charge in [0.25, 0.3) is 0 Å². The molecule has 0 aromatic carbocycles. The minimum atomic E-state index is -0.459. The Morgan fingerprint density at radius 1 is 1.50 bits per heavy atom. The largest absolute Gasteiger partial charge is 0.468 e. The second kappa shape index (κ2) is 7.10. The highest BCUT2D eigenvalue weighted by atomic mass is 16.5. The highest BCUT2D eigenvalue weighted by molar-refractivity contribution is 5.81. The molecular weight excluding hydrogens is 228 g/mol. The van der Waals surface area contributed by atoms with Crippen molar-refractivity contribution in [2.75, 3.05) is 27.2 Å². The molecule has 0 spiro atoms. The molecule has 18 heavy (non-hydrogen) atoms. The fourth-order valence-corrected chi connectivity index (χ4v) is 3.00. The maximum Gasteiger partial charge on any atom is 0.326 e. The third-order valence-electron chi connectivity index (χ3n) is 4.26. The van der Waals surface area contributed by atoms with Crippen LogP contribution in [-0.2, 0) is 9.53 Å². The first-order valence-electron chi connectivity index (χ1n) is 7.14. The van der Waals surface area contributed by atoms with Crippen molar-refractivity contribution in [3.05, 3.63) is 0 Å². The number of nitrogens with one attached hydrogen (secondary N) is 1. The molecule has 4 heteroatoms. The summed E-state index contributed by atoms with van der Waals surface area (Å²) in [5.41, 5.74) is -0.459. The van der Waals surface area contributed by atoms with Gasteiger partial charge in [0.15, 0.2) is 0 Å². The first kappa shape index (κ1) is 15.4. The lowest BCUT2D eigenvalue weighted by Gasteiger charge is -2.30. The number of nitrogens with zero attached hydrogens (tertiary/aromatic N) is 1. The fraction of sp³-hybridized carbons (Fsp3) is 0.929. The number of unbranched alkanes of at least 4 members (excludes halogenated alkanes) is 1. The van der Waals surface area contributed by atoms with E-state index < -0.39 is 5.54 Å². The van der Waals surface area contributed by atoms with Crippen LogP contribution in [-0.4, -0.2) is 49.7 Å². The maximum absolute atomic E-state index is 11.9. The summed E-state index contributed by atoms with van der Waals surface area (Å²) in [5.74, 6) is -0.112. The number of likely N-dealkylation sites (N-methyl/N-ethyl adjacent to an activating group) is 1. The van der Waals surface area contributed by atoms with Crippen molar-refractivity contribution in [3.63, 3.8) is 0 Å². The zero-order chi connectivity index (χ0) is 13.6. The summed E-state index contributed by atoms with van der Waals surface area (Å²) in [5, 5.41) is 3.19. The van der Waals surface area contributed by atoms with Crippen molar-refractivity contribution in [2.45, 2.75) is 57.5 Å². The van der Waals surface area contributed by atoms with Crippen molar-refractivity contribution < 1.29 is 9.53 Å². The van der Waals surface area contributed by atoms with Gasteiger partial charge < -0.3 is 15.0 Å². The zero-order valence-electron chi connectivity index (χ0n) is 12.3. The summed E-state index contributed by atoms with van der Waals surface area (Å²) in [6.45, 7) is 6.62. The van der Waals surface area contributed by atoms with E-state index in [0.29, 0.717) is 6.04 Å². The summed E-state index contributed by atoms with van der Waals surface area (Å²) in [6.07, 6.45) is 5.27. The molecule has 2 atom stereocenters. The van der Waals surface area contributed by atoms with Crippen molar-refractivity contribution in [2.24, 2.45) is 0 Å². The molecule has 0 heterocycles. The van der Waals surface area contributed by atoms with Gasteiger partial charge in [-0.2, -0.15) is 0 Å². The maximum atomic E-state index is 11.9. The van der Waals surface area contributed by atoms with E-state index in [1.807, 2.05) is 7.05 Å². The summed E-state index contributed by atoms with van der Waals surface area (Å²) < 4.78 is 4.95. The van der Waals surface area contributed by atoms with Crippen LogP contribution in [0.3, 0.4) is 0 Å². The zero-order valence-corrected chi connectivity index (χ0v) is 12.3. The Bertz CT molecular complexity index is 271. The molecule has 0 aliphatic heterocycles. The smallest absolute Gasteiger partial charge is 0.326 e. The highest BCUT2D eigenvalue weighted by Gasteiger charge is 2.46. The molecule has 1 saturated carbocycles. The normalized spacial score (nSPS) is 27.7. The van der Waals surface area contributed by atoms with Gasteiger partial charge in [-0.05, 0) is 45.8 Å². The standard InChI is InChI=1S/C14H28N2O2/c1-5-7-10-16(6-2)12-8-9-14(11-12,15-3)13(17)18-4/h12,15H,5-11H2,1-4H3. The quantitative estimate of drug-likeness (QED) is 0.705. The van der Waals surface area contributed by atoms with Crippen molar-refractivity contribution in [1.29, 1.82) is 0 Å². The molecule has 0 aromatic rings. The summed E-state index contributed by atoms with van der Waals surface area (Å²) in [6, 6.07) is 0.507. The van der Waals surface area contributed by atoms with Crippen LogP contribution in [0.1, 0.15) is 46.0 Å². The van der Waals surface area contributed by atoms with E-state index in [0.717, 1.165) is 32.4 Å². The first-order valence-corrected chi connectivity index (χ1v) is 7.14. The molecule has 1 N–H and O–H groups in total. The van der Waals surface area contributed by atoms with Crippen LogP contribution in [0.5, 0.6) is 0 Å². The number of hydrogen-bond acceptors (Lipinski definition) is 4. The van der Waals surface area contributed by atoms with Gasteiger partial charge in [-0.25, -0.2) is 0 Å². The minimum Gasteiger partial charge on any atom is -0.468 e. The molecule has 106 valence electrons. The van der Waals surface area contributed by atoms with Gasteiger partial charge in [-0.3, -0.25) is 4.79 Å². The van der Waals surface area contributed by atoms with Gasteiger partial charge in [0.1, 0.15) is 5.54 Å². The predicted molar refractivity (Wildman–Crippen MR) is 73.6 cm³/mol. The third-order valence-corrected chi connectivity index (χ3v) is 4.26. The number of ether oxygens (including phenoxy) is 1. The second-order valence-electron chi connectivity index (χ2n) is 5.20. The van der Waals surface area contributed by atoms with Gasteiger partial charge >= 0.3 is 5.97 Å². The Balaban J connectivity index is 2.64. The number of carbonyl (C=O) groups is 1. The molecule has 0 saturated heterocycles. The topological polar surface area (TPSA) is 41.6 Å². The number of rotatable bonds is 7. The van der Waals surface area contributed by atoms with E-state index in [1.54, 1.807) is 0 Å². The average Bonchev–Trinajstić information content (AvgIpc) is 2.84. The molecular formula is C14H28N2O2. The van der Waals surface area contributed by atoms with Crippen LogP contribution in [0.2, 0.25) is 0 Å². The molecule has 0 amide bonds. The molecule has 1 rings (SSSR count). The lowest BCUT2D eigenvalue weighted by atomic mass is 9.97. The summed E-state index contributed by atoms with van der Waals surface area (Å²) >= 11 is 0. The van der Waals surface area contributed by atoms with Crippen molar-refractivity contribution in [1.82, 2.24) is 10.2 Å². The second-order valence-corrected chi connectivity index (χ2v) is 5.20. The SMILES string of the molecule is CCCCN(CC)C1CCC(NC)(C(=O)OC)C1. The van der Waals surface area contributed by atoms with Gasteiger partial charge in [-0.15, -0.1) is 0 Å². The van der Waals surface area contributed by atoms with Gasteiger partial charge in [-0.1, -0.05) is 20.3 Å². The van der Waals surface area contributed by atoms with E-state index >= 15 is 0 Å². The Labute approximate surface area is 111 Å². The molecule has 0 aromatic heterocycles. The highest BCUT2D eigenvalue weighted by Crippen LogP contribution is 2.34. The lowest BCUT2D eigenvalue weighted by molar-refractivity contribution is -0.148. The molecule has 1 fully saturated rings. The molecule has 0 bridgehead atoms. The molecule has 4 nitrogen and oxygen atoms in total. The van der Waals surface area contributed by atoms with E-state index in [9.17, 15) is 4.79 Å². The predicted octanol–water partition coefficient (Wildman–Crippen LogP) is 1.79. The molecule has 2 unspecified atom stereocenters. The van der Waals surface area contributed by atoms with E-state index in [-0.39, 0.29) is 5.97 Å². The Kier molecular flexibility index (Phi) is 6.09. The van der Waals surface area contributed by atoms with Gasteiger partial charge in [0.05, 0.1) is 7.11 Å². The van der Waals surface area contributed by atoms with Crippen LogP contribution in [0.4, 0.5) is 0 Å². The Morgan fingerprint density at radius 3 is 2.72 bits per heavy atom. The van der Waals surface area contributed by atoms with E-state index in [2.05, 4.69) is 24.1 Å². The lowest BCUT2D eigenvalue weighted by Crippen LogP contribution is -2.50. The monoisotopic (exact) mass is 256 g/mol. The fourth-order valence-electron chi connectivity index (χ4n) is 3.00. The molecule has 1 aliphatic rings. The van der Waals surface area contributed by atoms with Crippen LogP contribution >= 0.6 is 0 Å². The Hall–Kier alpha value is -0.610. The summed E-state index contributed by atoms with van der Waals surface area (Å²) in [7, 11) is 3.34. The Morgan fingerprint density at radius 2 is 2.22 bits per heavy atom. The van der Waals surface area contributed by atoms with Gasteiger partial charge in [0, 0.05) is 6.04 Å². The molecule has 0 radical (unpaired) electrons. The molecule has 1 aliphatic carbocycles. The van der Waals surface area contributed by atoms with E-state index in [1.165, 1.54) is 20.0 Å². The van der Waals surface area contributed by atoms with Crippen LogP contribution in [0, 0.1) is 0 Å². The van der Waals surface area contributed by atoms with Crippen LogP contribution in [0.15, 0.2) is 0 Å². The van der Waals surface area contributed by atoms with Gasteiger partial charge in [0.2, 0.25) is 0 Å². The van der Waals surface area contributed by atoms with E-state index in [4.69, 9.17) is 4.74 Å². The average molecular weight is 256 g/mol. The van der Waals surface area contributed by atoms with Crippen LogP contribution in [0.25, 0.3) is 0 Å². The van der Waals surface area contributed by atoms with Crippen molar-refractivity contribution in [3.8, 4) is 0 Å².